The lowest BCUT2D eigenvalue weighted by Gasteiger charge is -2.02. The minimum Gasteiger partial charge on any atom is -0.399 e. The number of nitrogens with two attached hydrogens (primary N) is 1. The fourth-order valence-corrected chi connectivity index (χ4v) is 1.59. The second-order valence-corrected chi connectivity index (χ2v) is 4.15. The highest BCUT2D eigenvalue weighted by molar-refractivity contribution is 6.01. The van der Waals surface area contributed by atoms with Gasteiger partial charge in [-0.05, 0) is 35.9 Å². The summed E-state index contributed by atoms with van der Waals surface area (Å²) >= 11 is 0. The molecule has 0 aliphatic heterocycles. The van der Waals surface area contributed by atoms with E-state index < -0.39 is 17.5 Å². The van der Waals surface area contributed by atoms with Crippen molar-refractivity contribution in [3.05, 3.63) is 65.7 Å². The van der Waals surface area contributed by atoms with Crippen LogP contribution in [0.2, 0.25) is 0 Å². The lowest BCUT2D eigenvalue weighted by Crippen LogP contribution is -2.08. The van der Waals surface area contributed by atoms with Crippen LogP contribution in [0.4, 0.5) is 20.2 Å². The van der Waals surface area contributed by atoms with Gasteiger partial charge < -0.3 is 11.1 Å². The second-order valence-electron chi connectivity index (χ2n) is 4.15. The van der Waals surface area contributed by atoms with E-state index in [1.54, 1.807) is 30.3 Å². The largest absolute Gasteiger partial charge is 0.399 e. The Labute approximate surface area is 114 Å². The summed E-state index contributed by atoms with van der Waals surface area (Å²) in [6.07, 6.45) is 2.85. The Morgan fingerprint density at radius 2 is 1.65 bits per heavy atom. The van der Waals surface area contributed by atoms with Crippen LogP contribution in [0, 0.1) is 11.6 Å². The molecule has 2 aromatic carbocycles. The van der Waals surface area contributed by atoms with Crippen LogP contribution in [-0.2, 0) is 4.79 Å². The van der Waals surface area contributed by atoms with Crippen LogP contribution in [-0.4, -0.2) is 5.91 Å². The van der Waals surface area contributed by atoms with Gasteiger partial charge in [0.15, 0.2) is 0 Å². The topological polar surface area (TPSA) is 55.1 Å². The van der Waals surface area contributed by atoms with E-state index in [4.69, 9.17) is 5.73 Å². The van der Waals surface area contributed by atoms with E-state index in [2.05, 4.69) is 5.32 Å². The molecule has 20 heavy (non-hydrogen) atoms. The molecule has 0 atom stereocenters. The minimum atomic E-state index is -0.747. The second kappa shape index (κ2) is 5.97. The molecule has 0 spiro atoms. The van der Waals surface area contributed by atoms with Gasteiger partial charge in [0.05, 0.1) is 0 Å². The van der Waals surface area contributed by atoms with Crippen molar-refractivity contribution in [3.8, 4) is 0 Å². The molecule has 2 rings (SSSR count). The summed E-state index contributed by atoms with van der Waals surface area (Å²) < 4.78 is 25.9. The highest BCUT2D eigenvalue weighted by Gasteiger charge is 2.02. The van der Waals surface area contributed by atoms with E-state index in [1.807, 2.05) is 0 Å². The summed E-state index contributed by atoms with van der Waals surface area (Å²) in [7, 11) is 0. The van der Waals surface area contributed by atoms with Gasteiger partial charge in [-0.25, -0.2) is 8.78 Å². The van der Waals surface area contributed by atoms with E-state index in [0.717, 1.165) is 23.8 Å². The number of rotatable bonds is 3. The van der Waals surface area contributed by atoms with E-state index >= 15 is 0 Å². The van der Waals surface area contributed by atoms with Gasteiger partial charge >= 0.3 is 0 Å². The number of amides is 1. The van der Waals surface area contributed by atoms with Crippen LogP contribution in [0.15, 0.2) is 48.5 Å². The highest BCUT2D eigenvalue weighted by Crippen LogP contribution is 2.13. The Morgan fingerprint density at radius 3 is 2.25 bits per heavy atom. The molecule has 0 saturated carbocycles. The van der Waals surface area contributed by atoms with Crippen molar-refractivity contribution < 1.29 is 13.6 Å². The molecule has 0 fully saturated rings. The molecule has 0 unspecified atom stereocenters. The number of hydrogen-bond donors (Lipinski definition) is 2. The third-order valence-corrected chi connectivity index (χ3v) is 2.49. The zero-order valence-corrected chi connectivity index (χ0v) is 10.4. The molecule has 102 valence electrons. The average molecular weight is 274 g/mol. The third kappa shape index (κ3) is 3.91. The molecule has 0 aliphatic carbocycles. The Bertz CT molecular complexity index is 631. The monoisotopic (exact) mass is 274 g/mol. The van der Waals surface area contributed by atoms with Gasteiger partial charge in [-0.1, -0.05) is 12.1 Å². The first kappa shape index (κ1) is 13.7. The van der Waals surface area contributed by atoms with Crippen molar-refractivity contribution in [2.75, 3.05) is 11.1 Å². The van der Waals surface area contributed by atoms with Gasteiger partial charge in [0.2, 0.25) is 5.91 Å². The SMILES string of the molecule is Nc1ccc(/C=C/C(=O)Nc2cc(F)cc(F)c2)cc1. The quantitative estimate of drug-likeness (QED) is 0.667. The first-order valence-electron chi connectivity index (χ1n) is 5.83. The van der Waals surface area contributed by atoms with Gasteiger partial charge in [-0.15, -0.1) is 0 Å². The summed E-state index contributed by atoms with van der Waals surface area (Å²) in [6, 6.07) is 9.73. The van der Waals surface area contributed by atoms with Crippen molar-refractivity contribution in [3.63, 3.8) is 0 Å². The Kier molecular flexibility index (Phi) is 4.10. The molecule has 2 aromatic rings. The van der Waals surface area contributed by atoms with Crippen molar-refractivity contribution in [1.29, 1.82) is 0 Å². The van der Waals surface area contributed by atoms with Gasteiger partial charge in [0, 0.05) is 23.5 Å². The summed E-state index contributed by atoms with van der Waals surface area (Å²) in [6.45, 7) is 0. The van der Waals surface area contributed by atoms with Crippen LogP contribution in [0.5, 0.6) is 0 Å². The first-order valence-corrected chi connectivity index (χ1v) is 5.83. The molecule has 3 N–H and O–H groups in total. The molecule has 0 aliphatic rings. The van der Waals surface area contributed by atoms with Crippen LogP contribution < -0.4 is 11.1 Å². The van der Waals surface area contributed by atoms with Crippen LogP contribution in [0.1, 0.15) is 5.56 Å². The molecule has 0 saturated heterocycles. The fourth-order valence-electron chi connectivity index (χ4n) is 1.59. The number of carbonyl (C=O) groups excluding carboxylic acids is 1. The molecule has 0 heterocycles. The molecule has 0 bridgehead atoms. The van der Waals surface area contributed by atoms with Crippen LogP contribution in [0.3, 0.4) is 0 Å². The third-order valence-electron chi connectivity index (χ3n) is 2.49. The number of carbonyl (C=O) groups is 1. The van der Waals surface area contributed by atoms with Gasteiger partial charge in [0.25, 0.3) is 0 Å². The predicted octanol–water partition coefficient (Wildman–Crippen LogP) is 3.20. The molecule has 5 heteroatoms. The van der Waals surface area contributed by atoms with Gasteiger partial charge in [-0.3, -0.25) is 4.79 Å². The normalized spacial score (nSPS) is 10.7. The first-order chi connectivity index (χ1) is 9.52. The Hall–Kier alpha value is -2.69. The van der Waals surface area contributed by atoms with Crippen molar-refractivity contribution in [2.45, 2.75) is 0 Å². The number of benzene rings is 2. The maximum atomic E-state index is 12.9. The molecular weight excluding hydrogens is 262 g/mol. The molecule has 0 radical (unpaired) electrons. The van der Waals surface area contributed by atoms with E-state index in [-0.39, 0.29) is 5.69 Å². The molecular formula is C15H12F2N2O. The zero-order valence-electron chi connectivity index (χ0n) is 10.4. The van der Waals surface area contributed by atoms with Crippen molar-refractivity contribution >= 4 is 23.4 Å². The summed E-state index contributed by atoms with van der Waals surface area (Å²) in [5.41, 5.74) is 7.02. The molecule has 3 nitrogen and oxygen atoms in total. The van der Waals surface area contributed by atoms with Crippen LogP contribution >= 0.6 is 0 Å². The lowest BCUT2D eigenvalue weighted by molar-refractivity contribution is -0.111. The smallest absolute Gasteiger partial charge is 0.248 e. The number of halogens is 2. The number of nitrogens with one attached hydrogen (secondary N) is 1. The number of anilines is 2. The Balaban J connectivity index is 2.03. The minimum absolute atomic E-state index is 0.0643. The maximum Gasteiger partial charge on any atom is 0.248 e. The van der Waals surface area contributed by atoms with E-state index in [9.17, 15) is 13.6 Å². The summed E-state index contributed by atoms with van der Waals surface area (Å²) in [4.78, 5) is 11.6. The van der Waals surface area contributed by atoms with Crippen molar-refractivity contribution in [1.82, 2.24) is 0 Å². The maximum absolute atomic E-state index is 12.9. The van der Waals surface area contributed by atoms with Crippen LogP contribution in [0.25, 0.3) is 6.08 Å². The lowest BCUT2D eigenvalue weighted by atomic mass is 10.2. The predicted molar refractivity (Wildman–Crippen MR) is 74.9 cm³/mol. The number of hydrogen-bond acceptors (Lipinski definition) is 2. The standard InChI is InChI=1S/C15H12F2N2O/c16-11-7-12(17)9-14(8-11)19-15(20)6-3-10-1-4-13(18)5-2-10/h1-9H,18H2,(H,19,20)/b6-3+. The fraction of sp³-hybridized carbons (Fsp3) is 0. The molecule has 0 aromatic heterocycles. The summed E-state index contributed by atoms with van der Waals surface area (Å²) in [5, 5.41) is 2.37. The summed E-state index contributed by atoms with van der Waals surface area (Å²) in [5.74, 6) is -1.97. The van der Waals surface area contributed by atoms with Gasteiger partial charge in [0.1, 0.15) is 11.6 Å². The average Bonchev–Trinajstić information content (AvgIpc) is 2.37. The zero-order chi connectivity index (χ0) is 14.5. The van der Waals surface area contributed by atoms with Gasteiger partial charge in [-0.2, -0.15) is 0 Å². The van der Waals surface area contributed by atoms with E-state index in [0.29, 0.717) is 5.69 Å². The van der Waals surface area contributed by atoms with E-state index in [1.165, 1.54) is 6.08 Å². The number of nitrogen functional groups attached to an aromatic ring is 1. The van der Waals surface area contributed by atoms with Crippen molar-refractivity contribution in [2.24, 2.45) is 0 Å². The Morgan fingerprint density at radius 1 is 1.05 bits per heavy atom. The highest BCUT2D eigenvalue weighted by atomic mass is 19.1. The molecule has 1 amide bonds.